The van der Waals surface area contributed by atoms with E-state index in [-0.39, 0.29) is 11.1 Å². The molecule has 0 aromatic carbocycles. The van der Waals surface area contributed by atoms with E-state index < -0.39 is 6.17 Å². The van der Waals surface area contributed by atoms with Crippen molar-refractivity contribution >= 4 is 0 Å². The molecule has 2 atom stereocenters. The minimum atomic E-state index is -0.596. The first kappa shape index (κ1) is 13.3. The summed E-state index contributed by atoms with van der Waals surface area (Å²) in [4.78, 5) is 4.94. The summed E-state index contributed by atoms with van der Waals surface area (Å²) in [5.74, 6) is 0. The molecule has 0 radical (unpaired) electrons. The first-order chi connectivity index (χ1) is 7.70. The summed E-state index contributed by atoms with van der Waals surface area (Å²) in [6, 6.07) is 0.546. The van der Waals surface area contributed by atoms with Crippen molar-refractivity contribution in [3.8, 4) is 0 Å². The van der Waals surface area contributed by atoms with E-state index in [0.29, 0.717) is 12.6 Å². The van der Waals surface area contributed by atoms with E-state index in [2.05, 4.69) is 44.4 Å². The average molecular weight is 242 g/mol. The highest BCUT2D eigenvalue weighted by molar-refractivity contribution is 5.02. The Kier molecular flexibility index (Phi) is 3.28. The Balaban J connectivity index is 2.06. The third-order valence-electron chi connectivity index (χ3n) is 4.35. The molecule has 0 bridgehead atoms. The molecule has 2 saturated heterocycles. The molecule has 2 aliphatic heterocycles. The van der Waals surface area contributed by atoms with Crippen LogP contribution in [-0.2, 0) is 0 Å². The predicted octanol–water partition coefficient (Wildman–Crippen LogP) is 2.68. The van der Waals surface area contributed by atoms with Gasteiger partial charge in [0, 0.05) is 36.8 Å². The summed E-state index contributed by atoms with van der Waals surface area (Å²) in [7, 11) is 0. The summed E-state index contributed by atoms with van der Waals surface area (Å²) in [6.45, 7) is 14.2. The molecule has 0 aromatic rings. The summed E-state index contributed by atoms with van der Waals surface area (Å²) in [6.07, 6.45) is 1.30. The molecule has 2 heterocycles. The third kappa shape index (κ3) is 2.65. The highest BCUT2D eigenvalue weighted by atomic mass is 19.1. The first-order valence-electron chi connectivity index (χ1n) is 6.86. The van der Waals surface area contributed by atoms with E-state index >= 15 is 0 Å². The van der Waals surface area contributed by atoms with Crippen LogP contribution in [0.2, 0.25) is 0 Å². The van der Waals surface area contributed by atoms with Gasteiger partial charge in [-0.25, -0.2) is 4.39 Å². The number of likely N-dealkylation sites (tertiary alicyclic amines) is 2. The van der Waals surface area contributed by atoms with Crippen molar-refractivity contribution in [1.82, 2.24) is 9.80 Å². The second-order valence-electron chi connectivity index (χ2n) is 7.33. The van der Waals surface area contributed by atoms with Gasteiger partial charge in [0.05, 0.1) is 0 Å². The topological polar surface area (TPSA) is 6.48 Å². The Morgan fingerprint density at radius 2 is 1.82 bits per heavy atom. The van der Waals surface area contributed by atoms with E-state index in [1.807, 2.05) is 0 Å². The quantitative estimate of drug-likeness (QED) is 0.697. The molecule has 2 rings (SSSR count). The van der Waals surface area contributed by atoms with Crippen LogP contribution in [-0.4, -0.2) is 52.7 Å². The van der Waals surface area contributed by atoms with Crippen molar-refractivity contribution in [3.63, 3.8) is 0 Å². The van der Waals surface area contributed by atoms with E-state index in [0.717, 1.165) is 25.9 Å². The van der Waals surface area contributed by atoms with Crippen LogP contribution in [0.25, 0.3) is 0 Å². The van der Waals surface area contributed by atoms with E-state index in [9.17, 15) is 4.39 Å². The van der Waals surface area contributed by atoms with Crippen molar-refractivity contribution in [2.75, 3.05) is 19.6 Å². The highest BCUT2D eigenvalue weighted by Gasteiger charge is 2.46. The summed E-state index contributed by atoms with van der Waals surface area (Å²) >= 11 is 0. The minimum absolute atomic E-state index is 0.201. The maximum Gasteiger partial charge on any atom is 0.114 e. The second kappa shape index (κ2) is 4.20. The minimum Gasteiger partial charge on any atom is -0.296 e. The molecule has 2 fully saturated rings. The lowest BCUT2D eigenvalue weighted by atomic mass is 9.95. The van der Waals surface area contributed by atoms with Gasteiger partial charge in [-0.15, -0.1) is 0 Å². The SMILES string of the molecule is CC(C)(C)N1CC(N2CCC(F)C2)CC1(C)C. The zero-order valence-corrected chi connectivity index (χ0v) is 12.0. The normalized spacial score (nSPS) is 35.6. The fourth-order valence-electron chi connectivity index (χ4n) is 3.71. The Bertz CT molecular complexity index is 282. The Morgan fingerprint density at radius 1 is 1.18 bits per heavy atom. The van der Waals surface area contributed by atoms with Gasteiger partial charge in [0.1, 0.15) is 6.17 Å². The van der Waals surface area contributed by atoms with Crippen molar-refractivity contribution in [3.05, 3.63) is 0 Å². The van der Waals surface area contributed by atoms with Gasteiger partial charge in [0.15, 0.2) is 0 Å². The molecule has 2 nitrogen and oxygen atoms in total. The lowest BCUT2D eigenvalue weighted by molar-refractivity contribution is 0.0657. The van der Waals surface area contributed by atoms with Gasteiger partial charge >= 0.3 is 0 Å². The van der Waals surface area contributed by atoms with Gasteiger partial charge in [0.25, 0.3) is 0 Å². The summed E-state index contributed by atoms with van der Waals surface area (Å²) < 4.78 is 13.3. The smallest absolute Gasteiger partial charge is 0.114 e. The average Bonchev–Trinajstić information content (AvgIpc) is 2.67. The number of hydrogen-bond acceptors (Lipinski definition) is 2. The van der Waals surface area contributed by atoms with Crippen LogP contribution < -0.4 is 0 Å². The largest absolute Gasteiger partial charge is 0.296 e. The Morgan fingerprint density at radius 3 is 2.24 bits per heavy atom. The van der Waals surface area contributed by atoms with Crippen molar-refractivity contribution in [1.29, 1.82) is 0 Å². The van der Waals surface area contributed by atoms with Crippen LogP contribution in [0.4, 0.5) is 4.39 Å². The molecule has 0 N–H and O–H groups in total. The van der Waals surface area contributed by atoms with Crippen LogP contribution in [0.5, 0.6) is 0 Å². The lowest BCUT2D eigenvalue weighted by Crippen LogP contribution is -2.50. The number of halogens is 1. The zero-order chi connectivity index (χ0) is 12.8. The number of nitrogens with zero attached hydrogens (tertiary/aromatic N) is 2. The lowest BCUT2D eigenvalue weighted by Gasteiger charge is -2.42. The van der Waals surface area contributed by atoms with Crippen molar-refractivity contribution < 1.29 is 4.39 Å². The van der Waals surface area contributed by atoms with Crippen LogP contribution in [0, 0.1) is 0 Å². The molecule has 100 valence electrons. The summed E-state index contributed by atoms with van der Waals surface area (Å²) in [5.41, 5.74) is 0.435. The fourth-order valence-corrected chi connectivity index (χ4v) is 3.71. The molecule has 2 aliphatic rings. The van der Waals surface area contributed by atoms with Crippen LogP contribution in [0.1, 0.15) is 47.5 Å². The fraction of sp³-hybridized carbons (Fsp3) is 1.00. The zero-order valence-electron chi connectivity index (χ0n) is 12.0. The highest BCUT2D eigenvalue weighted by Crippen LogP contribution is 2.37. The van der Waals surface area contributed by atoms with E-state index in [4.69, 9.17) is 0 Å². The molecule has 0 saturated carbocycles. The number of rotatable bonds is 1. The molecular formula is C14H27FN2. The molecule has 0 amide bonds. The van der Waals surface area contributed by atoms with Crippen LogP contribution >= 0.6 is 0 Å². The van der Waals surface area contributed by atoms with E-state index in [1.54, 1.807) is 0 Å². The maximum atomic E-state index is 13.3. The maximum absolute atomic E-state index is 13.3. The number of hydrogen-bond donors (Lipinski definition) is 0. The molecule has 17 heavy (non-hydrogen) atoms. The van der Waals surface area contributed by atoms with Crippen LogP contribution in [0.3, 0.4) is 0 Å². The molecule has 2 unspecified atom stereocenters. The molecule has 0 aliphatic carbocycles. The van der Waals surface area contributed by atoms with Gasteiger partial charge in [-0.2, -0.15) is 0 Å². The predicted molar refractivity (Wildman–Crippen MR) is 70.0 cm³/mol. The molecular weight excluding hydrogens is 215 g/mol. The second-order valence-corrected chi connectivity index (χ2v) is 7.33. The summed E-state index contributed by atoms with van der Waals surface area (Å²) in [5, 5.41) is 0. The molecule has 3 heteroatoms. The van der Waals surface area contributed by atoms with E-state index in [1.165, 1.54) is 0 Å². The van der Waals surface area contributed by atoms with Crippen LogP contribution in [0.15, 0.2) is 0 Å². The Hall–Kier alpha value is -0.150. The number of alkyl halides is 1. The third-order valence-corrected chi connectivity index (χ3v) is 4.35. The van der Waals surface area contributed by atoms with Gasteiger partial charge in [-0.1, -0.05) is 0 Å². The van der Waals surface area contributed by atoms with Crippen molar-refractivity contribution in [2.45, 2.75) is 70.8 Å². The van der Waals surface area contributed by atoms with Gasteiger partial charge in [-0.05, 0) is 47.5 Å². The van der Waals surface area contributed by atoms with Crippen molar-refractivity contribution in [2.24, 2.45) is 0 Å². The van der Waals surface area contributed by atoms with Gasteiger partial charge in [0.2, 0.25) is 0 Å². The molecule has 0 spiro atoms. The first-order valence-corrected chi connectivity index (χ1v) is 6.86. The standard InChI is InChI=1S/C14H27FN2/c1-13(2,3)17-10-12(8-14(17,4)5)16-7-6-11(15)9-16/h11-12H,6-10H2,1-5H3. The Labute approximate surface area is 105 Å². The monoisotopic (exact) mass is 242 g/mol. The van der Waals surface area contributed by atoms with Gasteiger partial charge < -0.3 is 0 Å². The van der Waals surface area contributed by atoms with Gasteiger partial charge in [-0.3, -0.25) is 9.80 Å². The molecule has 0 aromatic heterocycles.